The molecule has 0 spiro atoms. The van der Waals surface area contributed by atoms with Gasteiger partial charge in [-0.1, -0.05) is 48.5 Å². The van der Waals surface area contributed by atoms with Crippen LogP contribution >= 0.6 is 0 Å². The van der Waals surface area contributed by atoms with Gasteiger partial charge in [0.1, 0.15) is 12.3 Å². The number of hydrogen-bond acceptors (Lipinski definition) is 6. The average Bonchev–Trinajstić information content (AvgIpc) is 3.38. The first-order valence-electron chi connectivity index (χ1n) is 11.0. The number of ether oxygens (including phenoxy) is 2. The van der Waals surface area contributed by atoms with Gasteiger partial charge >= 0.3 is 12.1 Å². The van der Waals surface area contributed by atoms with Crippen LogP contribution in [0.1, 0.15) is 33.2 Å². The van der Waals surface area contributed by atoms with E-state index in [9.17, 15) is 19.5 Å². The third kappa shape index (κ3) is 5.17. The van der Waals surface area contributed by atoms with Crippen molar-refractivity contribution in [1.29, 1.82) is 0 Å². The Balaban J connectivity index is 1.34. The van der Waals surface area contributed by atoms with Crippen LogP contribution in [0.15, 0.2) is 54.6 Å². The zero-order valence-electron chi connectivity index (χ0n) is 19.4. The maximum atomic E-state index is 12.5. The lowest BCUT2D eigenvalue weighted by atomic mass is 9.98. The molecule has 2 amide bonds. The van der Waals surface area contributed by atoms with Crippen LogP contribution in [-0.4, -0.2) is 59.2 Å². The molecule has 10 nitrogen and oxygen atoms in total. The smallest absolute Gasteiger partial charge is 0.407 e. The molecule has 0 unspecified atom stereocenters. The number of carbonyl (C=O) groups is 3. The Morgan fingerprint density at radius 2 is 1.71 bits per heavy atom. The van der Waals surface area contributed by atoms with Crippen molar-refractivity contribution in [3.63, 3.8) is 0 Å². The highest BCUT2D eigenvalue weighted by Crippen LogP contribution is 2.44. The Labute approximate surface area is 201 Å². The summed E-state index contributed by atoms with van der Waals surface area (Å²) < 4.78 is 11.6. The molecule has 0 bridgehead atoms. The van der Waals surface area contributed by atoms with Gasteiger partial charge in [0, 0.05) is 20.1 Å². The van der Waals surface area contributed by atoms with E-state index in [2.05, 4.69) is 27.9 Å². The maximum absolute atomic E-state index is 12.5. The van der Waals surface area contributed by atoms with E-state index in [-0.39, 0.29) is 31.4 Å². The first kappa shape index (κ1) is 24.0. The molecule has 182 valence electrons. The number of nitrogens with zero attached hydrogens (tertiary/aromatic N) is 2. The van der Waals surface area contributed by atoms with Gasteiger partial charge in [-0.2, -0.15) is 5.10 Å². The number of aromatic nitrogens is 2. The predicted octanol–water partition coefficient (Wildman–Crippen LogP) is 2.29. The third-order valence-electron chi connectivity index (χ3n) is 5.86. The Morgan fingerprint density at radius 1 is 1.09 bits per heavy atom. The van der Waals surface area contributed by atoms with E-state index in [4.69, 9.17) is 9.47 Å². The van der Waals surface area contributed by atoms with Crippen LogP contribution in [0, 0.1) is 0 Å². The molecule has 3 aromatic rings. The number of rotatable bonds is 9. The second-order valence-electron chi connectivity index (χ2n) is 8.14. The van der Waals surface area contributed by atoms with Crippen molar-refractivity contribution in [3.05, 3.63) is 77.1 Å². The minimum Gasteiger partial charge on any atom is -0.480 e. The molecule has 2 aromatic carbocycles. The van der Waals surface area contributed by atoms with Crippen LogP contribution in [-0.2, 0) is 27.9 Å². The number of nitrogens with one attached hydrogen (secondary N) is 2. The lowest BCUT2D eigenvalue weighted by molar-refractivity contribution is -0.140. The highest BCUT2D eigenvalue weighted by molar-refractivity contribution is 5.95. The number of hydrogen-bond donors (Lipinski definition) is 3. The molecule has 4 rings (SSSR count). The number of fused-ring (bicyclic) bond motifs is 3. The van der Waals surface area contributed by atoms with Gasteiger partial charge in [-0.3, -0.25) is 9.48 Å². The fourth-order valence-electron chi connectivity index (χ4n) is 4.21. The summed E-state index contributed by atoms with van der Waals surface area (Å²) in [7, 11) is 2.90. The van der Waals surface area contributed by atoms with Gasteiger partial charge in [0.2, 0.25) is 0 Å². The van der Waals surface area contributed by atoms with Crippen molar-refractivity contribution in [1.82, 2.24) is 20.4 Å². The molecule has 1 aliphatic carbocycles. The Bertz CT molecular complexity index is 1210. The SMILES string of the molecule is COC[C@H](NC(=O)c1cc(CNC(=O)OCC2c3ccccc3-c3ccccc32)nn1C)C(=O)O. The fraction of sp³-hybridized carbons (Fsp3) is 0.280. The van der Waals surface area contributed by atoms with Crippen LogP contribution in [0.25, 0.3) is 11.1 Å². The monoisotopic (exact) mass is 478 g/mol. The van der Waals surface area contributed by atoms with Gasteiger partial charge in [0.25, 0.3) is 5.91 Å². The molecule has 0 saturated carbocycles. The van der Waals surface area contributed by atoms with E-state index in [1.807, 2.05) is 36.4 Å². The lowest BCUT2D eigenvalue weighted by Crippen LogP contribution is -2.44. The minimum atomic E-state index is -1.21. The van der Waals surface area contributed by atoms with Crippen molar-refractivity contribution in [3.8, 4) is 11.1 Å². The number of benzene rings is 2. The van der Waals surface area contributed by atoms with E-state index in [1.54, 1.807) is 7.05 Å². The Kier molecular flexibility index (Phi) is 7.11. The van der Waals surface area contributed by atoms with Crippen molar-refractivity contribution < 1.29 is 29.0 Å². The van der Waals surface area contributed by atoms with E-state index >= 15 is 0 Å². The second-order valence-corrected chi connectivity index (χ2v) is 8.14. The van der Waals surface area contributed by atoms with Crippen molar-refractivity contribution >= 4 is 18.0 Å². The normalized spacial score (nSPS) is 13.0. The van der Waals surface area contributed by atoms with E-state index in [0.29, 0.717) is 5.69 Å². The van der Waals surface area contributed by atoms with Gasteiger partial charge in [0.15, 0.2) is 6.04 Å². The average molecular weight is 479 g/mol. The maximum Gasteiger partial charge on any atom is 0.407 e. The molecule has 1 aliphatic rings. The topological polar surface area (TPSA) is 132 Å². The summed E-state index contributed by atoms with van der Waals surface area (Å²) >= 11 is 0. The largest absolute Gasteiger partial charge is 0.480 e. The molecule has 0 fully saturated rings. The van der Waals surface area contributed by atoms with Crippen LogP contribution in [0.2, 0.25) is 0 Å². The quantitative estimate of drug-likeness (QED) is 0.430. The summed E-state index contributed by atoms with van der Waals surface area (Å²) in [5, 5.41) is 18.4. The molecule has 35 heavy (non-hydrogen) atoms. The standard InChI is InChI=1S/C25H26N4O6/c1-29-22(23(30)27-21(14-34-2)24(31)32)11-15(28-29)12-26-25(33)35-13-20-18-9-5-3-7-16(18)17-8-4-6-10-19(17)20/h3-11,20-21H,12-14H2,1-2H3,(H,26,33)(H,27,30)(H,31,32)/t21-/m0/s1. The zero-order valence-corrected chi connectivity index (χ0v) is 19.4. The number of carbonyl (C=O) groups excluding carboxylic acids is 2. The van der Waals surface area contributed by atoms with Gasteiger partial charge in [0.05, 0.1) is 18.8 Å². The van der Waals surface area contributed by atoms with Crippen molar-refractivity contribution in [2.75, 3.05) is 20.3 Å². The minimum absolute atomic E-state index is 0.0399. The van der Waals surface area contributed by atoms with Crippen molar-refractivity contribution in [2.45, 2.75) is 18.5 Å². The van der Waals surface area contributed by atoms with Crippen LogP contribution in [0.5, 0.6) is 0 Å². The first-order valence-corrected chi connectivity index (χ1v) is 11.0. The van der Waals surface area contributed by atoms with Crippen LogP contribution < -0.4 is 10.6 Å². The number of alkyl carbamates (subject to hydrolysis) is 1. The summed E-state index contributed by atoms with van der Waals surface area (Å²) in [5.74, 6) is -1.87. The number of carboxylic acids is 1. The van der Waals surface area contributed by atoms with Crippen LogP contribution in [0.3, 0.4) is 0 Å². The summed E-state index contributed by atoms with van der Waals surface area (Å²) in [5.41, 5.74) is 5.10. The number of methoxy groups -OCH3 is 1. The molecule has 10 heteroatoms. The molecule has 1 atom stereocenters. The molecule has 1 aromatic heterocycles. The van der Waals surface area contributed by atoms with E-state index < -0.39 is 24.0 Å². The summed E-state index contributed by atoms with van der Waals surface area (Å²) in [6.45, 7) is 0.0547. The van der Waals surface area contributed by atoms with E-state index in [1.165, 1.54) is 17.9 Å². The zero-order chi connectivity index (χ0) is 24.9. The highest BCUT2D eigenvalue weighted by Gasteiger charge is 2.29. The third-order valence-corrected chi connectivity index (χ3v) is 5.86. The summed E-state index contributed by atoms with van der Waals surface area (Å²) in [6, 6.07) is 16.4. The molecular weight excluding hydrogens is 452 g/mol. The van der Waals surface area contributed by atoms with Crippen LogP contribution in [0.4, 0.5) is 4.79 Å². The number of amides is 2. The molecular formula is C25H26N4O6. The molecule has 0 radical (unpaired) electrons. The van der Waals surface area contributed by atoms with Gasteiger partial charge < -0.3 is 25.2 Å². The molecule has 3 N–H and O–H groups in total. The Morgan fingerprint density at radius 3 is 2.31 bits per heavy atom. The molecule has 0 aliphatic heterocycles. The van der Waals surface area contributed by atoms with Gasteiger partial charge in [-0.25, -0.2) is 9.59 Å². The second kappa shape index (κ2) is 10.4. The van der Waals surface area contributed by atoms with Crippen molar-refractivity contribution in [2.24, 2.45) is 7.05 Å². The lowest BCUT2D eigenvalue weighted by Gasteiger charge is -2.14. The van der Waals surface area contributed by atoms with Gasteiger partial charge in [-0.05, 0) is 28.3 Å². The van der Waals surface area contributed by atoms with Gasteiger partial charge in [-0.15, -0.1) is 0 Å². The fourth-order valence-corrected chi connectivity index (χ4v) is 4.21. The Hall–Kier alpha value is -4.18. The highest BCUT2D eigenvalue weighted by atomic mass is 16.5. The first-order chi connectivity index (χ1) is 16.9. The number of aliphatic carboxylic acids is 1. The predicted molar refractivity (Wildman–Crippen MR) is 126 cm³/mol. The van der Waals surface area contributed by atoms with E-state index in [0.717, 1.165) is 22.3 Å². The molecule has 1 heterocycles. The number of aryl methyl sites for hydroxylation is 1. The summed E-state index contributed by atoms with van der Waals surface area (Å²) in [4.78, 5) is 36.1. The number of carboxylic acid groups (broad SMARTS) is 1. The summed E-state index contributed by atoms with van der Waals surface area (Å²) in [6.07, 6.45) is -0.602. The molecule has 0 saturated heterocycles.